The predicted octanol–water partition coefficient (Wildman–Crippen LogP) is 13.2. The molecule has 288 valence electrons. The van der Waals surface area contributed by atoms with Crippen LogP contribution in [0.2, 0.25) is 0 Å². The molecule has 9 aromatic rings. The summed E-state index contributed by atoms with van der Waals surface area (Å²) >= 11 is 0. The van der Waals surface area contributed by atoms with Crippen molar-refractivity contribution in [2.45, 2.75) is 73.0 Å². The summed E-state index contributed by atoms with van der Waals surface area (Å²) in [6.07, 6.45) is 3.43. The number of hydrogen-bond acceptors (Lipinski definition) is 2. The molecular formula is C53H50N4O. The van der Waals surface area contributed by atoms with Crippen molar-refractivity contribution in [3.05, 3.63) is 174 Å². The first-order valence-corrected chi connectivity index (χ1v) is 19.7. The van der Waals surface area contributed by atoms with Crippen molar-refractivity contribution >= 4 is 32.8 Å². The van der Waals surface area contributed by atoms with Crippen LogP contribution in [0.5, 0.6) is 11.5 Å². The number of nitrogens with zero attached hydrogens (tertiary/aromatic N) is 4. The highest BCUT2D eigenvalue weighted by Crippen LogP contribution is 2.39. The highest BCUT2D eigenvalue weighted by Gasteiger charge is 2.23. The van der Waals surface area contributed by atoms with Crippen molar-refractivity contribution in [3.63, 3.8) is 0 Å². The van der Waals surface area contributed by atoms with E-state index < -0.39 is 13.7 Å². The summed E-state index contributed by atoms with van der Waals surface area (Å²) in [5, 5.41) is 1.74. The van der Waals surface area contributed by atoms with Crippen LogP contribution >= 0.6 is 0 Å². The molecule has 5 nitrogen and oxygen atoms in total. The third-order valence-electron chi connectivity index (χ3n) is 11.1. The zero-order chi connectivity index (χ0) is 45.5. The molecule has 0 saturated heterocycles. The summed E-state index contributed by atoms with van der Waals surface area (Å²) in [4.78, 5) is 4.69. The Kier molecular flexibility index (Phi) is 7.33. The Hall–Kier alpha value is -6.46. The van der Waals surface area contributed by atoms with E-state index in [0.717, 1.165) is 49.8 Å². The highest BCUT2D eigenvalue weighted by atomic mass is 16.5. The van der Waals surface area contributed by atoms with E-state index in [4.69, 9.17) is 13.0 Å². The molecule has 0 amide bonds. The fourth-order valence-corrected chi connectivity index (χ4v) is 7.88. The van der Waals surface area contributed by atoms with Crippen LogP contribution in [0.3, 0.4) is 0 Å². The van der Waals surface area contributed by atoms with Gasteiger partial charge in [0.15, 0.2) is 11.0 Å². The lowest BCUT2D eigenvalue weighted by atomic mass is 9.80. The molecule has 3 aromatic heterocycles. The molecule has 9 rings (SSSR count). The summed E-state index contributed by atoms with van der Waals surface area (Å²) in [6.45, 7) is 10.1. The third-order valence-corrected chi connectivity index (χ3v) is 11.1. The number of hydrogen-bond donors (Lipinski definition) is 0. The maximum absolute atomic E-state index is 8.86. The molecule has 0 atom stereocenters. The number of rotatable bonds is 6. The maximum atomic E-state index is 8.86. The first kappa shape index (κ1) is 30.6. The normalized spacial score (nSPS) is 14.2. The van der Waals surface area contributed by atoms with Gasteiger partial charge < -0.3 is 4.74 Å². The number of imidazole rings is 1. The first-order valence-electron chi connectivity index (χ1n) is 22.7. The van der Waals surface area contributed by atoms with Gasteiger partial charge in [0.25, 0.3) is 6.33 Å². The molecule has 5 heteroatoms. The van der Waals surface area contributed by atoms with E-state index in [1.807, 2.05) is 71.3 Å². The Morgan fingerprint density at radius 1 is 0.672 bits per heavy atom. The molecule has 0 N–H and O–H groups in total. The number of aryl methyl sites for hydroxylation is 2. The lowest BCUT2D eigenvalue weighted by Crippen LogP contribution is -2.31. The van der Waals surface area contributed by atoms with E-state index in [0.29, 0.717) is 22.6 Å². The van der Waals surface area contributed by atoms with Gasteiger partial charge in [-0.25, -0.2) is 9.55 Å². The molecule has 0 saturated carbocycles. The molecule has 58 heavy (non-hydrogen) atoms. The van der Waals surface area contributed by atoms with Gasteiger partial charge >= 0.3 is 0 Å². The Labute approximate surface area is 350 Å². The lowest BCUT2D eigenvalue weighted by Gasteiger charge is -2.31. The highest BCUT2D eigenvalue weighted by molar-refractivity contribution is 6.09. The molecule has 0 aliphatic heterocycles. The van der Waals surface area contributed by atoms with Gasteiger partial charge in [0.2, 0.25) is 0 Å². The van der Waals surface area contributed by atoms with Gasteiger partial charge in [-0.3, -0.25) is 4.57 Å². The summed E-state index contributed by atoms with van der Waals surface area (Å²) in [5.74, 6) is 1.26. The minimum absolute atomic E-state index is 0.0634. The summed E-state index contributed by atoms with van der Waals surface area (Å²) in [6, 6.07) is 45.0. The second-order valence-corrected chi connectivity index (χ2v) is 17.2. The average Bonchev–Trinajstić information content (AvgIpc) is 3.79. The predicted molar refractivity (Wildman–Crippen MR) is 239 cm³/mol. The topological polar surface area (TPSA) is 35.9 Å². The third kappa shape index (κ3) is 6.45. The van der Waals surface area contributed by atoms with Crippen molar-refractivity contribution in [1.82, 2.24) is 14.1 Å². The van der Waals surface area contributed by atoms with Crippen molar-refractivity contribution in [2.24, 2.45) is 0 Å². The zero-order valence-electron chi connectivity index (χ0n) is 40.0. The van der Waals surface area contributed by atoms with E-state index >= 15 is 0 Å². The van der Waals surface area contributed by atoms with Gasteiger partial charge in [-0.05, 0) is 90.1 Å². The van der Waals surface area contributed by atoms with Crippen molar-refractivity contribution in [3.8, 4) is 39.8 Å². The second kappa shape index (κ2) is 13.9. The van der Waals surface area contributed by atoms with Gasteiger partial charge in [-0.15, -0.1) is 17.7 Å². The zero-order valence-corrected chi connectivity index (χ0v) is 34.0. The van der Waals surface area contributed by atoms with Crippen molar-refractivity contribution in [1.29, 1.82) is 0 Å². The van der Waals surface area contributed by atoms with E-state index in [2.05, 4.69) is 111 Å². The van der Waals surface area contributed by atoms with E-state index in [1.165, 1.54) is 11.8 Å². The second-order valence-electron chi connectivity index (χ2n) is 17.2. The SMILES string of the molecule is [2H]C([2H])([2H])c1cnc(-n2c3ccccc3c3ccc(Oc4ccc(C)c(-n5c[n+](-c6[c-]c(C(C)(C)C)cc(C(C)(C)C)c6)c6ccccc65)c4)cc32)c(C([2H])([2H])[2H])c1-c1ccccc1. The Morgan fingerprint density at radius 2 is 1.38 bits per heavy atom. The van der Waals surface area contributed by atoms with Gasteiger partial charge in [0.1, 0.15) is 23.0 Å². The molecule has 0 aliphatic rings. The number of aromatic nitrogens is 4. The molecule has 0 radical (unpaired) electrons. The quantitative estimate of drug-likeness (QED) is 0.125. The summed E-state index contributed by atoms with van der Waals surface area (Å²) < 4.78 is 64.7. The summed E-state index contributed by atoms with van der Waals surface area (Å²) in [5.41, 5.74) is 8.99. The minimum atomic E-state index is -2.73. The molecule has 6 aromatic carbocycles. The molecule has 0 aliphatic carbocycles. The van der Waals surface area contributed by atoms with E-state index in [-0.39, 0.29) is 33.3 Å². The van der Waals surface area contributed by atoms with Crippen LogP contribution in [-0.2, 0) is 10.8 Å². The molecule has 0 unspecified atom stereocenters. The lowest BCUT2D eigenvalue weighted by molar-refractivity contribution is -0.568. The minimum Gasteiger partial charge on any atom is -0.457 e. The van der Waals surface area contributed by atoms with Crippen LogP contribution in [0, 0.1) is 26.7 Å². The van der Waals surface area contributed by atoms with Gasteiger partial charge in [-0.2, -0.15) is 16.2 Å². The van der Waals surface area contributed by atoms with E-state index in [9.17, 15) is 0 Å². The number of para-hydroxylation sites is 3. The smallest absolute Gasteiger partial charge is 0.253 e. The van der Waals surface area contributed by atoms with Gasteiger partial charge in [0, 0.05) is 48.6 Å². The molecule has 0 fully saturated rings. The van der Waals surface area contributed by atoms with Crippen molar-refractivity contribution in [2.75, 3.05) is 0 Å². The average molecular weight is 765 g/mol. The van der Waals surface area contributed by atoms with Crippen LogP contribution in [0.15, 0.2) is 140 Å². The first-order chi connectivity index (χ1) is 30.2. The number of fused-ring (bicyclic) bond motifs is 4. The van der Waals surface area contributed by atoms with Crippen LogP contribution in [-0.4, -0.2) is 14.1 Å². The number of pyridine rings is 1. The standard InChI is InChI=1S/C53H50N4O/c1-34-23-24-41(30-48(34)56-33-55(46-21-15-16-22-47(46)56)40-28-38(52(4,5)6)27-39(29-40)53(7,8)9)58-42-25-26-44-43-19-13-14-20-45(43)57(49(44)31-42)51-36(3)50(35(2)32-54-51)37-17-11-10-12-18-37/h10-28,30-33H,1-9H3/i2D3,3D3. The van der Waals surface area contributed by atoms with E-state index in [1.54, 1.807) is 24.3 Å². The van der Waals surface area contributed by atoms with Crippen molar-refractivity contribution < 1.29 is 17.5 Å². The fraction of sp³-hybridized carbons (Fsp3) is 0.208. The summed E-state index contributed by atoms with van der Waals surface area (Å²) in [7, 11) is 0. The number of benzene rings is 6. The molecular weight excluding hydrogens is 709 g/mol. The van der Waals surface area contributed by atoms with Crippen LogP contribution < -0.4 is 9.30 Å². The monoisotopic (exact) mass is 764 g/mol. The Balaban J connectivity index is 1.19. The van der Waals surface area contributed by atoms with Crippen LogP contribution in [0.4, 0.5) is 0 Å². The Bertz CT molecular complexity index is 3220. The maximum Gasteiger partial charge on any atom is 0.253 e. The molecule has 3 heterocycles. The largest absolute Gasteiger partial charge is 0.457 e. The van der Waals surface area contributed by atoms with Crippen LogP contribution in [0.1, 0.15) is 77.6 Å². The molecule has 0 bridgehead atoms. The molecule has 0 spiro atoms. The van der Waals surface area contributed by atoms with Gasteiger partial charge in [-0.1, -0.05) is 108 Å². The van der Waals surface area contributed by atoms with Crippen LogP contribution in [0.25, 0.3) is 61.2 Å². The Morgan fingerprint density at radius 3 is 2.14 bits per heavy atom. The number of ether oxygens (including phenoxy) is 1. The van der Waals surface area contributed by atoms with Gasteiger partial charge in [0.05, 0.1) is 11.0 Å². The fourth-order valence-electron chi connectivity index (χ4n) is 7.88.